The monoisotopic (exact) mass is 184 g/mol. The Labute approximate surface area is 80.7 Å². The Hall–Kier alpha value is -0.370. The molecule has 0 aromatic heterocycles. The molecule has 76 valence electrons. The predicted octanol–water partition coefficient (Wildman–Crippen LogP) is 2.70. The first kappa shape index (κ1) is 10.7. The quantitative estimate of drug-likeness (QED) is 0.330. The number of carbonyl (C=O) groups is 1. The number of aldehydes is 1. The van der Waals surface area contributed by atoms with Crippen molar-refractivity contribution in [2.24, 2.45) is 0 Å². The minimum absolute atomic E-state index is 0.0596. The molecular weight excluding hydrogens is 164 g/mol. The van der Waals surface area contributed by atoms with E-state index in [9.17, 15) is 4.79 Å². The van der Waals surface area contributed by atoms with Crippen molar-refractivity contribution >= 4 is 6.29 Å². The van der Waals surface area contributed by atoms with E-state index in [0.717, 1.165) is 12.7 Å². The van der Waals surface area contributed by atoms with Crippen molar-refractivity contribution < 1.29 is 9.53 Å². The Bertz CT molecular complexity index is 145. The molecule has 0 aromatic carbocycles. The molecule has 1 heterocycles. The van der Waals surface area contributed by atoms with Crippen molar-refractivity contribution in [2.45, 2.75) is 64.1 Å². The van der Waals surface area contributed by atoms with Crippen molar-refractivity contribution in [1.29, 1.82) is 0 Å². The maximum Gasteiger partial charge on any atom is 0.151 e. The van der Waals surface area contributed by atoms with Gasteiger partial charge in [0.05, 0.1) is 6.10 Å². The second kappa shape index (κ2) is 6.14. The van der Waals surface area contributed by atoms with E-state index in [2.05, 4.69) is 6.92 Å². The molecule has 2 nitrogen and oxygen atoms in total. The highest BCUT2D eigenvalue weighted by Gasteiger charge is 2.37. The molecule has 1 rings (SSSR count). The van der Waals surface area contributed by atoms with Crippen molar-refractivity contribution in [2.75, 3.05) is 0 Å². The van der Waals surface area contributed by atoms with Crippen LogP contribution in [-0.2, 0) is 9.53 Å². The zero-order valence-corrected chi connectivity index (χ0v) is 8.50. The third-order valence-corrected chi connectivity index (χ3v) is 2.60. The molecule has 0 aliphatic carbocycles. The summed E-state index contributed by atoms with van der Waals surface area (Å²) >= 11 is 0. The highest BCUT2D eigenvalue weighted by atomic mass is 16.6. The van der Waals surface area contributed by atoms with Gasteiger partial charge in [0, 0.05) is 0 Å². The molecule has 1 saturated heterocycles. The van der Waals surface area contributed by atoms with Crippen LogP contribution in [0.4, 0.5) is 0 Å². The number of unbranched alkanes of at least 4 members (excludes halogenated alkanes) is 5. The van der Waals surface area contributed by atoms with Crippen LogP contribution in [0.5, 0.6) is 0 Å². The normalized spacial score (nSPS) is 25.9. The minimum Gasteiger partial charge on any atom is -0.362 e. The molecule has 2 heteroatoms. The summed E-state index contributed by atoms with van der Waals surface area (Å²) in [5.41, 5.74) is 0. The molecule has 1 aliphatic heterocycles. The first-order valence-electron chi connectivity index (χ1n) is 5.49. The second-order valence-corrected chi connectivity index (χ2v) is 3.83. The first-order chi connectivity index (χ1) is 6.38. The molecule has 0 N–H and O–H groups in total. The zero-order valence-electron chi connectivity index (χ0n) is 8.50. The van der Waals surface area contributed by atoms with Crippen molar-refractivity contribution in [3.63, 3.8) is 0 Å². The van der Waals surface area contributed by atoms with E-state index in [1.165, 1.54) is 38.5 Å². The molecule has 1 fully saturated rings. The predicted molar refractivity (Wildman–Crippen MR) is 52.7 cm³/mol. The number of ether oxygens (including phenoxy) is 1. The van der Waals surface area contributed by atoms with Gasteiger partial charge in [0.2, 0.25) is 0 Å². The largest absolute Gasteiger partial charge is 0.362 e. The molecule has 13 heavy (non-hydrogen) atoms. The number of hydrogen-bond acceptors (Lipinski definition) is 2. The maximum absolute atomic E-state index is 10.2. The molecule has 0 spiro atoms. The third kappa shape index (κ3) is 4.41. The summed E-state index contributed by atoms with van der Waals surface area (Å²) in [4.78, 5) is 10.2. The van der Waals surface area contributed by atoms with Gasteiger partial charge in [-0.25, -0.2) is 0 Å². The molecule has 0 bridgehead atoms. The first-order valence-corrected chi connectivity index (χ1v) is 5.49. The lowest BCUT2D eigenvalue weighted by Crippen LogP contribution is -1.94. The van der Waals surface area contributed by atoms with Crippen molar-refractivity contribution in [3.05, 3.63) is 0 Å². The van der Waals surface area contributed by atoms with Gasteiger partial charge in [-0.1, -0.05) is 45.4 Å². The van der Waals surface area contributed by atoms with Crippen LogP contribution in [-0.4, -0.2) is 18.5 Å². The molecule has 0 amide bonds. The third-order valence-electron chi connectivity index (χ3n) is 2.60. The van der Waals surface area contributed by atoms with E-state index in [4.69, 9.17) is 4.74 Å². The molecule has 1 aliphatic rings. The summed E-state index contributed by atoms with van der Waals surface area (Å²) in [5, 5.41) is 0. The van der Waals surface area contributed by atoms with Gasteiger partial charge in [-0.05, 0) is 6.42 Å². The summed E-state index contributed by atoms with van der Waals surface area (Å²) in [6.07, 6.45) is 10.1. The summed E-state index contributed by atoms with van der Waals surface area (Å²) in [5.74, 6) is 0. The van der Waals surface area contributed by atoms with Gasteiger partial charge < -0.3 is 9.53 Å². The minimum atomic E-state index is -0.0596. The van der Waals surface area contributed by atoms with Gasteiger partial charge in [-0.15, -0.1) is 0 Å². The summed E-state index contributed by atoms with van der Waals surface area (Å²) in [7, 11) is 0. The van der Waals surface area contributed by atoms with E-state index in [1.54, 1.807) is 0 Å². The Balaban J connectivity index is 1.77. The van der Waals surface area contributed by atoms with E-state index < -0.39 is 0 Å². The van der Waals surface area contributed by atoms with Crippen LogP contribution in [0.25, 0.3) is 0 Å². The molecule has 2 atom stereocenters. The standard InChI is InChI=1S/C11H20O2/c1-2-3-4-5-6-7-8-10-11(9-12)13-10/h9-11H,2-8H2,1H3. The molecule has 0 aromatic rings. The average molecular weight is 184 g/mol. The van der Waals surface area contributed by atoms with E-state index >= 15 is 0 Å². The second-order valence-electron chi connectivity index (χ2n) is 3.83. The Morgan fingerprint density at radius 2 is 1.85 bits per heavy atom. The molecular formula is C11H20O2. The lowest BCUT2D eigenvalue weighted by Gasteiger charge is -1.97. The van der Waals surface area contributed by atoms with Gasteiger partial charge in [0.25, 0.3) is 0 Å². The maximum atomic E-state index is 10.2. The van der Waals surface area contributed by atoms with Crippen molar-refractivity contribution in [3.8, 4) is 0 Å². The fraction of sp³-hybridized carbons (Fsp3) is 0.909. The summed E-state index contributed by atoms with van der Waals surface area (Å²) < 4.78 is 5.13. The Morgan fingerprint density at radius 1 is 1.15 bits per heavy atom. The van der Waals surface area contributed by atoms with Gasteiger partial charge in [-0.2, -0.15) is 0 Å². The van der Waals surface area contributed by atoms with Crippen LogP contribution in [0.1, 0.15) is 51.9 Å². The lowest BCUT2D eigenvalue weighted by molar-refractivity contribution is -0.108. The lowest BCUT2D eigenvalue weighted by atomic mass is 10.1. The fourth-order valence-corrected chi connectivity index (χ4v) is 1.63. The highest BCUT2D eigenvalue weighted by Crippen LogP contribution is 2.25. The summed E-state index contributed by atoms with van der Waals surface area (Å²) in [6, 6.07) is 0. The summed E-state index contributed by atoms with van der Waals surface area (Å²) in [6.45, 7) is 2.23. The van der Waals surface area contributed by atoms with E-state index in [1.807, 2.05) is 0 Å². The average Bonchev–Trinajstić information content (AvgIpc) is 2.90. The van der Waals surface area contributed by atoms with Crippen LogP contribution in [0.2, 0.25) is 0 Å². The Morgan fingerprint density at radius 3 is 2.46 bits per heavy atom. The fourth-order valence-electron chi connectivity index (χ4n) is 1.63. The van der Waals surface area contributed by atoms with Crippen LogP contribution in [0.15, 0.2) is 0 Å². The van der Waals surface area contributed by atoms with E-state index in [0.29, 0.717) is 0 Å². The number of rotatable bonds is 8. The zero-order chi connectivity index (χ0) is 9.52. The smallest absolute Gasteiger partial charge is 0.151 e. The molecule has 0 saturated carbocycles. The highest BCUT2D eigenvalue weighted by molar-refractivity contribution is 5.60. The van der Waals surface area contributed by atoms with Gasteiger partial charge in [0.1, 0.15) is 6.10 Å². The van der Waals surface area contributed by atoms with Gasteiger partial charge >= 0.3 is 0 Å². The van der Waals surface area contributed by atoms with E-state index in [-0.39, 0.29) is 12.2 Å². The number of carbonyl (C=O) groups excluding carboxylic acids is 1. The van der Waals surface area contributed by atoms with Crippen molar-refractivity contribution in [1.82, 2.24) is 0 Å². The Kier molecular flexibility index (Phi) is 5.06. The topological polar surface area (TPSA) is 29.6 Å². The van der Waals surface area contributed by atoms with Gasteiger partial charge in [-0.3, -0.25) is 0 Å². The molecule has 2 unspecified atom stereocenters. The number of epoxide rings is 1. The van der Waals surface area contributed by atoms with Crippen LogP contribution in [0, 0.1) is 0 Å². The van der Waals surface area contributed by atoms with Crippen LogP contribution < -0.4 is 0 Å². The SMILES string of the molecule is CCCCCCCCC1OC1C=O. The molecule has 0 radical (unpaired) electrons. The van der Waals surface area contributed by atoms with Crippen LogP contribution >= 0.6 is 0 Å². The van der Waals surface area contributed by atoms with Gasteiger partial charge in [0.15, 0.2) is 6.29 Å². The number of hydrogen-bond donors (Lipinski definition) is 0. The van der Waals surface area contributed by atoms with Crippen LogP contribution in [0.3, 0.4) is 0 Å².